The van der Waals surface area contributed by atoms with Gasteiger partial charge in [-0.3, -0.25) is 9.48 Å². The number of nitrogens with zero attached hydrogens (tertiary/aromatic N) is 3. The molecule has 0 spiro atoms. The molecule has 0 bridgehead atoms. The van der Waals surface area contributed by atoms with Crippen LogP contribution in [0.1, 0.15) is 50.6 Å². The molecule has 2 amide bonds. The van der Waals surface area contributed by atoms with Crippen LogP contribution in [0.15, 0.2) is 0 Å². The number of unbranched alkanes of at least 4 members (excludes halogenated alkanes) is 1. The molecule has 1 aromatic rings. The van der Waals surface area contributed by atoms with Gasteiger partial charge in [0.05, 0.1) is 12.2 Å². The Bertz CT molecular complexity index is 589. The van der Waals surface area contributed by atoms with E-state index in [-0.39, 0.29) is 6.09 Å². The van der Waals surface area contributed by atoms with Crippen LogP contribution in [-0.2, 0) is 29.0 Å². The molecule has 0 radical (unpaired) electrons. The van der Waals surface area contributed by atoms with E-state index in [2.05, 4.69) is 10.4 Å². The topological polar surface area (TPSA) is 76.5 Å². The molecule has 7 nitrogen and oxygen atoms in total. The lowest BCUT2D eigenvalue weighted by Crippen LogP contribution is -2.39. The maximum atomic E-state index is 12.3. The van der Waals surface area contributed by atoms with Gasteiger partial charge >= 0.3 is 6.09 Å². The number of amides is 2. The molecular weight excluding hydrogens is 308 g/mol. The van der Waals surface area contributed by atoms with Crippen molar-refractivity contribution in [3.05, 3.63) is 17.0 Å². The highest BCUT2D eigenvalue weighted by atomic mass is 16.6. The second-order valence-electron chi connectivity index (χ2n) is 7.16. The molecule has 24 heavy (non-hydrogen) atoms. The molecule has 0 aromatic carbocycles. The predicted octanol–water partition coefficient (Wildman–Crippen LogP) is 2.01. The van der Waals surface area contributed by atoms with E-state index in [0.717, 1.165) is 49.2 Å². The number of hydrogen-bond acceptors (Lipinski definition) is 4. The first-order valence-electron chi connectivity index (χ1n) is 8.52. The van der Waals surface area contributed by atoms with Crippen LogP contribution in [-0.4, -0.2) is 45.9 Å². The highest BCUT2D eigenvalue weighted by Gasteiger charge is 2.28. The van der Waals surface area contributed by atoms with Gasteiger partial charge in [-0.05, 0) is 40.5 Å². The molecule has 1 aromatic heterocycles. The van der Waals surface area contributed by atoms with Crippen molar-refractivity contribution in [1.29, 1.82) is 0 Å². The van der Waals surface area contributed by atoms with Crippen LogP contribution in [0.2, 0.25) is 0 Å². The Labute approximate surface area is 143 Å². The molecule has 0 saturated heterocycles. The zero-order valence-corrected chi connectivity index (χ0v) is 15.1. The number of carbonyl (C=O) groups excluding carboxylic acids is 2. The fourth-order valence-corrected chi connectivity index (χ4v) is 2.81. The highest BCUT2D eigenvalue weighted by molar-refractivity contribution is 5.68. The van der Waals surface area contributed by atoms with Gasteiger partial charge in [0.2, 0.25) is 6.41 Å². The number of aromatic nitrogens is 2. The number of aryl methyl sites for hydroxylation is 1. The molecule has 0 unspecified atom stereocenters. The second kappa shape index (κ2) is 7.68. The van der Waals surface area contributed by atoms with Crippen molar-refractivity contribution in [3.8, 4) is 0 Å². The summed E-state index contributed by atoms with van der Waals surface area (Å²) < 4.78 is 7.48. The summed E-state index contributed by atoms with van der Waals surface area (Å²) in [7, 11) is 0. The lowest BCUT2D eigenvalue weighted by atomic mass is 10.1. The van der Waals surface area contributed by atoms with Crippen molar-refractivity contribution < 1.29 is 14.3 Å². The molecule has 2 heterocycles. The van der Waals surface area contributed by atoms with E-state index >= 15 is 0 Å². The van der Waals surface area contributed by atoms with Crippen molar-refractivity contribution in [3.63, 3.8) is 0 Å². The molecule has 0 saturated carbocycles. The molecule has 0 atom stereocenters. The minimum absolute atomic E-state index is 0.264. The van der Waals surface area contributed by atoms with Crippen LogP contribution in [0.25, 0.3) is 0 Å². The second-order valence-corrected chi connectivity index (χ2v) is 7.16. The van der Waals surface area contributed by atoms with E-state index in [4.69, 9.17) is 4.74 Å². The summed E-state index contributed by atoms with van der Waals surface area (Å²) in [5, 5.41) is 7.35. The van der Waals surface area contributed by atoms with Crippen LogP contribution in [0, 0.1) is 6.92 Å². The first kappa shape index (κ1) is 18.3. The van der Waals surface area contributed by atoms with Crippen LogP contribution < -0.4 is 5.32 Å². The van der Waals surface area contributed by atoms with Gasteiger partial charge in [0.1, 0.15) is 5.60 Å². The molecule has 134 valence electrons. The lowest BCUT2D eigenvalue weighted by molar-refractivity contribution is -0.109. The summed E-state index contributed by atoms with van der Waals surface area (Å²) in [5.74, 6) is 0. The standard InChI is InChI=1S/C17H28N4O3/c1-13-14-11-20(16(23)24-17(2,3)4)10-7-15(14)19-21(13)9-6-5-8-18-12-22/h12H,5-11H2,1-4H3,(H,18,22). The summed E-state index contributed by atoms with van der Waals surface area (Å²) in [5.41, 5.74) is 2.85. The van der Waals surface area contributed by atoms with Crippen LogP contribution in [0.4, 0.5) is 4.79 Å². The van der Waals surface area contributed by atoms with Crippen LogP contribution in [0.5, 0.6) is 0 Å². The van der Waals surface area contributed by atoms with E-state index in [1.807, 2.05) is 32.4 Å². The average molecular weight is 336 g/mol. The van der Waals surface area contributed by atoms with Crippen molar-refractivity contribution in [2.24, 2.45) is 0 Å². The van der Waals surface area contributed by atoms with Crippen molar-refractivity contribution in [1.82, 2.24) is 20.0 Å². The Morgan fingerprint density at radius 1 is 1.38 bits per heavy atom. The van der Waals surface area contributed by atoms with E-state index < -0.39 is 5.60 Å². The summed E-state index contributed by atoms with van der Waals surface area (Å²) in [6.07, 6.45) is 3.10. The summed E-state index contributed by atoms with van der Waals surface area (Å²) in [6.45, 7) is 10.4. The molecule has 1 aliphatic heterocycles. The van der Waals surface area contributed by atoms with Crippen molar-refractivity contribution in [2.75, 3.05) is 13.1 Å². The van der Waals surface area contributed by atoms with Crippen molar-refractivity contribution >= 4 is 12.5 Å². The molecular formula is C17H28N4O3. The van der Waals surface area contributed by atoms with Gasteiger partial charge in [-0.25, -0.2) is 4.79 Å². The molecule has 0 aliphatic carbocycles. The van der Waals surface area contributed by atoms with Crippen molar-refractivity contribution in [2.45, 2.75) is 65.6 Å². The lowest BCUT2D eigenvalue weighted by Gasteiger charge is -2.29. The first-order chi connectivity index (χ1) is 11.3. The molecule has 0 fully saturated rings. The molecule has 2 rings (SSSR count). The third kappa shape index (κ3) is 4.72. The van der Waals surface area contributed by atoms with E-state index in [1.54, 1.807) is 4.90 Å². The smallest absolute Gasteiger partial charge is 0.410 e. The fourth-order valence-electron chi connectivity index (χ4n) is 2.81. The van der Waals surface area contributed by atoms with Crippen LogP contribution >= 0.6 is 0 Å². The largest absolute Gasteiger partial charge is 0.444 e. The predicted molar refractivity (Wildman–Crippen MR) is 90.6 cm³/mol. The minimum Gasteiger partial charge on any atom is -0.444 e. The van der Waals surface area contributed by atoms with Gasteiger partial charge in [0.15, 0.2) is 0 Å². The maximum Gasteiger partial charge on any atom is 0.410 e. The average Bonchev–Trinajstić information content (AvgIpc) is 2.81. The highest BCUT2D eigenvalue weighted by Crippen LogP contribution is 2.23. The van der Waals surface area contributed by atoms with Gasteiger partial charge in [-0.15, -0.1) is 0 Å². The first-order valence-corrected chi connectivity index (χ1v) is 8.52. The van der Waals surface area contributed by atoms with E-state index in [9.17, 15) is 9.59 Å². The Morgan fingerprint density at radius 2 is 2.12 bits per heavy atom. The van der Waals surface area contributed by atoms with Gasteiger partial charge < -0.3 is 15.0 Å². The number of fused-ring (bicyclic) bond motifs is 1. The van der Waals surface area contributed by atoms with E-state index in [0.29, 0.717) is 19.6 Å². The van der Waals surface area contributed by atoms with Gasteiger partial charge in [0, 0.05) is 37.3 Å². The van der Waals surface area contributed by atoms with Gasteiger partial charge in [-0.1, -0.05) is 0 Å². The number of rotatable bonds is 6. The summed E-state index contributed by atoms with van der Waals surface area (Å²) in [6, 6.07) is 0. The molecule has 1 N–H and O–H groups in total. The number of hydrogen-bond donors (Lipinski definition) is 1. The number of carbonyl (C=O) groups is 2. The monoisotopic (exact) mass is 336 g/mol. The number of nitrogens with one attached hydrogen (secondary N) is 1. The minimum atomic E-state index is -0.480. The summed E-state index contributed by atoms with van der Waals surface area (Å²) in [4.78, 5) is 24.2. The summed E-state index contributed by atoms with van der Waals surface area (Å²) >= 11 is 0. The zero-order valence-electron chi connectivity index (χ0n) is 15.1. The SMILES string of the molecule is Cc1c2c(nn1CCCCNC=O)CCN(C(=O)OC(C)(C)C)C2. The zero-order chi connectivity index (χ0) is 17.7. The third-order valence-electron chi connectivity index (χ3n) is 4.06. The Morgan fingerprint density at radius 3 is 2.79 bits per heavy atom. The molecule has 1 aliphatic rings. The Kier molecular flexibility index (Phi) is 5.85. The third-order valence-corrected chi connectivity index (χ3v) is 4.06. The normalized spacial score (nSPS) is 14.2. The number of ether oxygens (including phenoxy) is 1. The maximum absolute atomic E-state index is 12.3. The Balaban J connectivity index is 1.96. The quantitative estimate of drug-likeness (QED) is 0.637. The fraction of sp³-hybridized carbons (Fsp3) is 0.706. The molecule has 7 heteroatoms. The van der Waals surface area contributed by atoms with E-state index in [1.165, 1.54) is 0 Å². The van der Waals surface area contributed by atoms with Crippen LogP contribution in [0.3, 0.4) is 0 Å². The van der Waals surface area contributed by atoms with Gasteiger partial charge in [-0.2, -0.15) is 5.10 Å². The Hall–Kier alpha value is -2.05. The van der Waals surface area contributed by atoms with Gasteiger partial charge in [0.25, 0.3) is 0 Å².